The number of nitrogens with zero attached hydrogens (tertiary/aromatic N) is 4. The van der Waals surface area contributed by atoms with E-state index in [0.717, 1.165) is 11.5 Å². The number of thiazole rings is 1. The van der Waals surface area contributed by atoms with Crippen LogP contribution in [0.2, 0.25) is 0 Å². The summed E-state index contributed by atoms with van der Waals surface area (Å²) in [7, 11) is 1.91. The van der Waals surface area contributed by atoms with Crippen molar-refractivity contribution in [1.82, 2.24) is 25.1 Å². The monoisotopic (exact) mass is 293 g/mol. The van der Waals surface area contributed by atoms with E-state index in [4.69, 9.17) is 4.98 Å². The third-order valence-corrected chi connectivity index (χ3v) is 5.00. The molecule has 0 spiro atoms. The van der Waals surface area contributed by atoms with Gasteiger partial charge in [-0.05, 0) is 13.8 Å². The van der Waals surface area contributed by atoms with Crippen molar-refractivity contribution < 1.29 is 0 Å². The lowest BCUT2D eigenvalue weighted by Crippen LogP contribution is -2.20. The Kier molecular flexibility index (Phi) is 4.25. The highest BCUT2D eigenvalue weighted by molar-refractivity contribution is 7.12. The molecule has 0 aromatic carbocycles. The van der Waals surface area contributed by atoms with Crippen LogP contribution in [0.3, 0.4) is 0 Å². The Bertz CT molecular complexity index is 579. The van der Waals surface area contributed by atoms with E-state index < -0.39 is 0 Å². The summed E-state index contributed by atoms with van der Waals surface area (Å²) < 4.78 is 1.79. The SMILES string of the molecule is Cc1nc(C(C)(C)C)sc1C(C)NCc1ncnn1C. The molecule has 0 aliphatic heterocycles. The molecule has 0 saturated carbocycles. The van der Waals surface area contributed by atoms with Gasteiger partial charge in [-0.2, -0.15) is 5.10 Å². The van der Waals surface area contributed by atoms with Crippen LogP contribution in [0.4, 0.5) is 0 Å². The highest BCUT2D eigenvalue weighted by Gasteiger charge is 2.22. The van der Waals surface area contributed by atoms with Gasteiger partial charge >= 0.3 is 0 Å². The summed E-state index contributed by atoms with van der Waals surface area (Å²) in [6.45, 7) is 11.6. The Labute approximate surface area is 124 Å². The minimum Gasteiger partial charge on any atom is -0.302 e. The van der Waals surface area contributed by atoms with Crippen molar-refractivity contribution in [2.45, 2.75) is 52.6 Å². The molecule has 110 valence electrons. The van der Waals surface area contributed by atoms with Crippen molar-refractivity contribution in [2.75, 3.05) is 0 Å². The molecule has 2 aromatic rings. The Balaban J connectivity index is 2.08. The molecule has 6 heteroatoms. The van der Waals surface area contributed by atoms with Gasteiger partial charge in [0, 0.05) is 23.4 Å². The van der Waals surface area contributed by atoms with Crippen molar-refractivity contribution in [1.29, 1.82) is 0 Å². The van der Waals surface area contributed by atoms with Gasteiger partial charge < -0.3 is 5.32 Å². The number of aryl methyl sites for hydroxylation is 2. The highest BCUT2D eigenvalue weighted by Crippen LogP contribution is 2.32. The first-order chi connectivity index (χ1) is 9.29. The van der Waals surface area contributed by atoms with Gasteiger partial charge in [0.25, 0.3) is 0 Å². The normalized spacial score (nSPS) is 13.7. The second kappa shape index (κ2) is 5.61. The lowest BCUT2D eigenvalue weighted by Gasteiger charge is -2.14. The van der Waals surface area contributed by atoms with E-state index in [1.807, 2.05) is 7.05 Å². The van der Waals surface area contributed by atoms with Crippen LogP contribution in [0.25, 0.3) is 0 Å². The first-order valence-electron chi connectivity index (χ1n) is 6.83. The van der Waals surface area contributed by atoms with Crippen LogP contribution < -0.4 is 5.32 Å². The van der Waals surface area contributed by atoms with Gasteiger partial charge in [0.1, 0.15) is 12.2 Å². The zero-order valence-corrected chi connectivity index (χ0v) is 13.9. The molecule has 5 nitrogen and oxygen atoms in total. The van der Waals surface area contributed by atoms with Crippen molar-refractivity contribution in [3.05, 3.63) is 27.7 Å². The second-order valence-electron chi connectivity index (χ2n) is 6.12. The Morgan fingerprint density at radius 2 is 2.10 bits per heavy atom. The fourth-order valence-corrected chi connectivity index (χ4v) is 3.10. The third kappa shape index (κ3) is 3.24. The fraction of sp³-hybridized carbons (Fsp3) is 0.643. The zero-order valence-electron chi connectivity index (χ0n) is 13.1. The van der Waals surface area contributed by atoms with E-state index in [2.05, 4.69) is 50.0 Å². The molecule has 20 heavy (non-hydrogen) atoms. The van der Waals surface area contributed by atoms with Crippen LogP contribution in [0.5, 0.6) is 0 Å². The van der Waals surface area contributed by atoms with Crippen molar-refractivity contribution >= 4 is 11.3 Å². The van der Waals surface area contributed by atoms with E-state index >= 15 is 0 Å². The Morgan fingerprint density at radius 1 is 1.40 bits per heavy atom. The fourth-order valence-electron chi connectivity index (χ4n) is 1.95. The van der Waals surface area contributed by atoms with E-state index in [9.17, 15) is 0 Å². The maximum absolute atomic E-state index is 4.71. The average molecular weight is 293 g/mol. The van der Waals surface area contributed by atoms with E-state index in [0.29, 0.717) is 6.54 Å². The summed E-state index contributed by atoms with van der Waals surface area (Å²) in [5.74, 6) is 0.940. The van der Waals surface area contributed by atoms with E-state index in [1.165, 1.54) is 9.88 Å². The molecular weight excluding hydrogens is 270 g/mol. The van der Waals surface area contributed by atoms with Crippen molar-refractivity contribution in [2.24, 2.45) is 7.05 Å². The summed E-state index contributed by atoms with van der Waals surface area (Å²) in [4.78, 5) is 10.2. The Hall–Kier alpha value is -1.27. The van der Waals surface area contributed by atoms with Crippen LogP contribution >= 0.6 is 11.3 Å². The van der Waals surface area contributed by atoms with Gasteiger partial charge in [-0.3, -0.25) is 4.68 Å². The lowest BCUT2D eigenvalue weighted by atomic mass is 9.98. The molecule has 0 radical (unpaired) electrons. The summed E-state index contributed by atoms with van der Waals surface area (Å²) >= 11 is 1.80. The molecule has 0 aliphatic rings. The molecule has 0 fully saturated rings. The van der Waals surface area contributed by atoms with Gasteiger partial charge in [0.2, 0.25) is 0 Å². The van der Waals surface area contributed by atoms with E-state index in [1.54, 1.807) is 22.3 Å². The molecule has 0 amide bonds. The molecular formula is C14H23N5S. The van der Waals surface area contributed by atoms with Crippen LogP contribution in [0.15, 0.2) is 6.33 Å². The smallest absolute Gasteiger partial charge is 0.140 e. The van der Waals surface area contributed by atoms with Crippen LogP contribution in [-0.2, 0) is 19.0 Å². The predicted octanol–water partition coefficient (Wildman–Crippen LogP) is 2.73. The van der Waals surface area contributed by atoms with Crippen LogP contribution in [0, 0.1) is 6.92 Å². The maximum Gasteiger partial charge on any atom is 0.140 e. The topological polar surface area (TPSA) is 55.6 Å². The summed E-state index contributed by atoms with van der Waals surface area (Å²) in [6.07, 6.45) is 1.58. The van der Waals surface area contributed by atoms with Gasteiger partial charge in [-0.1, -0.05) is 20.8 Å². The molecule has 1 unspecified atom stereocenters. The number of hydrogen-bond acceptors (Lipinski definition) is 5. The summed E-state index contributed by atoms with van der Waals surface area (Å²) in [5.41, 5.74) is 1.23. The molecule has 1 atom stereocenters. The van der Waals surface area contributed by atoms with Gasteiger partial charge in [-0.25, -0.2) is 9.97 Å². The molecule has 0 bridgehead atoms. The van der Waals surface area contributed by atoms with Crippen molar-refractivity contribution in [3.8, 4) is 0 Å². The molecule has 0 aliphatic carbocycles. The quantitative estimate of drug-likeness (QED) is 0.941. The minimum atomic E-state index is 0.108. The zero-order chi connectivity index (χ0) is 14.9. The maximum atomic E-state index is 4.71. The van der Waals surface area contributed by atoms with Crippen molar-refractivity contribution in [3.63, 3.8) is 0 Å². The van der Waals surface area contributed by atoms with Gasteiger partial charge in [-0.15, -0.1) is 11.3 Å². The molecule has 1 N–H and O–H groups in total. The molecule has 0 saturated heterocycles. The number of rotatable bonds is 4. The number of nitrogens with one attached hydrogen (secondary N) is 1. The van der Waals surface area contributed by atoms with Crippen LogP contribution in [-0.4, -0.2) is 19.7 Å². The third-order valence-electron chi connectivity index (χ3n) is 3.24. The number of aromatic nitrogens is 4. The molecule has 2 aromatic heterocycles. The average Bonchev–Trinajstić information content (AvgIpc) is 2.92. The summed E-state index contributed by atoms with van der Waals surface area (Å²) in [5, 5.41) is 8.76. The largest absolute Gasteiger partial charge is 0.302 e. The lowest BCUT2D eigenvalue weighted by molar-refractivity contribution is 0.543. The van der Waals surface area contributed by atoms with Gasteiger partial charge in [0.15, 0.2) is 0 Å². The Morgan fingerprint density at radius 3 is 2.60 bits per heavy atom. The first kappa shape index (κ1) is 15.1. The highest BCUT2D eigenvalue weighted by atomic mass is 32.1. The molecule has 2 heterocycles. The first-order valence-corrected chi connectivity index (χ1v) is 7.64. The van der Waals surface area contributed by atoms with E-state index in [-0.39, 0.29) is 11.5 Å². The standard InChI is InChI=1S/C14H23N5S/c1-9(15-7-11-16-8-17-19(11)6)12-10(2)18-13(20-12)14(3,4)5/h8-9,15H,7H2,1-6H3. The number of hydrogen-bond donors (Lipinski definition) is 1. The van der Waals surface area contributed by atoms with Gasteiger partial charge in [0.05, 0.1) is 17.2 Å². The predicted molar refractivity (Wildman–Crippen MR) is 81.8 cm³/mol. The minimum absolute atomic E-state index is 0.108. The second-order valence-corrected chi connectivity index (χ2v) is 7.15. The summed E-state index contributed by atoms with van der Waals surface area (Å²) in [6, 6.07) is 0.264. The van der Waals surface area contributed by atoms with Crippen LogP contribution in [0.1, 0.15) is 55.1 Å². The molecule has 2 rings (SSSR count).